The maximum absolute atomic E-state index is 12.3. The van der Waals surface area contributed by atoms with Gasteiger partial charge in [-0.2, -0.15) is 10.1 Å². The first-order chi connectivity index (χ1) is 12.7. The van der Waals surface area contributed by atoms with Crippen molar-refractivity contribution in [3.63, 3.8) is 0 Å². The van der Waals surface area contributed by atoms with Gasteiger partial charge < -0.3 is 4.74 Å². The van der Waals surface area contributed by atoms with Crippen LogP contribution in [0.2, 0.25) is 0 Å². The number of aromatic amines is 1. The fourth-order valence-corrected chi connectivity index (χ4v) is 3.46. The van der Waals surface area contributed by atoms with Crippen LogP contribution in [0, 0.1) is 0 Å². The fraction of sp³-hybridized carbons (Fsp3) is 0.588. The molecule has 2 aliphatic rings. The molecule has 26 heavy (non-hydrogen) atoms. The molecule has 1 atom stereocenters. The van der Waals surface area contributed by atoms with Crippen molar-refractivity contribution in [3.8, 4) is 0 Å². The molecule has 4 rings (SSSR count). The van der Waals surface area contributed by atoms with Crippen LogP contribution in [0.3, 0.4) is 0 Å². The fourth-order valence-electron chi connectivity index (χ4n) is 3.46. The van der Waals surface area contributed by atoms with Gasteiger partial charge in [0.25, 0.3) is 5.56 Å². The van der Waals surface area contributed by atoms with Crippen molar-refractivity contribution in [2.45, 2.75) is 57.6 Å². The van der Waals surface area contributed by atoms with Gasteiger partial charge in [-0.1, -0.05) is 6.42 Å². The molecule has 9 nitrogen and oxygen atoms in total. The topological polar surface area (TPSA) is 115 Å². The number of hydrogen-bond acceptors (Lipinski definition) is 6. The first kappa shape index (κ1) is 16.9. The van der Waals surface area contributed by atoms with E-state index in [2.05, 4.69) is 25.6 Å². The monoisotopic (exact) mass is 358 g/mol. The van der Waals surface area contributed by atoms with Crippen molar-refractivity contribution >= 4 is 11.9 Å². The Hall–Kier alpha value is -2.55. The zero-order chi connectivity index (χ0) is 17.9. The molecule has 0 bridgehead atoms. The maximum atomic E-state index is 12.3. The van der Waals surface area contributed by atoms with Gasteiger partial charge in [-0.25, -0.2) is 4.68 Å². The Morgan fingerprint density at radius 2 is 2.19 bits per heavy atom. The van der Waals surface area contributed by atoms with E-state index >= 15 is 0 Å². The van der Waals surface area contributed by atoms with Gasteiger partial charge in [-0.15, -0.1) is 5.10 Å². The number of amides is 1. The van der Waals surface area contributed by atoms with Crippen molar-refractivity contribution < 1.29 is 9.53 Å². The highest BCUT2D eigenvalue weighted by atomic mass is 16.5. The van der Waals surface area contributed by atoms with E-state index in [1.165, 1.54) is 4.68 Å². The lowest BCUT2D eigenvalue weighted by Crippen LogP contribution is -2.31. The lowest BCUT2D eigenvalue weighted by atomic mass is 10.1. The van der Waals surface area contributed by atoms with Gasteiger partial charge in [-0.3, -0.25) is 20.0 Å². The smallest absolute Gasteiger partial charge is 0.267 e. The first-order valence-corrected chi connectivity index (χ1v) is 9.13. The summed E-state index contributed by atoms with van der Waals surface area (Å²) in [4.78, 5) is 28.7. The molecule has 0 spiro atoms. The number of ether oxygens (including phenoxy) is 1. The molecule has 2 aromatic heterocycles. The van der Waals surface area contributed by atoms with Gasteiger partial charge in [0, 0.05) is 12.7 Å². The Morgan fingerprint density at radius 1 is 1.31 bits per heavy atom. The summed E-state index contributed by atoms with van der Waals surface area (Å²) >= 11 is 0. The van der Waals surface area contributed by atoms with E-state index in [4.69, 9.17) is 4.74 Å². The lowest BCUT2D eigenvalue weighted by Gasteiger charge is -2.09. The summed E-state index contributed by atoms with van der Waals surface area (Å²) in [5.74, 6) is 0.410. The second-order valence-corrected chi connectivity index (χ2v) is 6.77. The van der Waals surface area contributed by atoms with Gasteiger partial charge in [0.15, 0.2) is 5.82 Å². The zero-order valence-corrected chi connectivity index (χ0v) is 14.5. The van der Waals surface area contributed by atoms with Gasteiger partial charge in [0.05, 0.1) is 5.69 Å². The summed E-state index contributed by atoms with van der Waals surface area (Å²) in [6, 6.07) is 1.61. The molecule has 1 fully saturated rings. The molecule has 1 aliphatic carbocycles. The average molecular weight is 358 g/mol. The van der Waals surface area contributed by atoms with Crippen molar-refractivity contribution in [2.75, 3.05) is 11.9 Å². The molecule has 3 heterocycles. The largest absolute Gasteiger partial charge is 0.370 e. The van der Waals surface area contributed by atoms with Crippen LogP contribution >= 0.6 is 0 Å². The Morgan fingerprint density at radius 3 is 3.04 bits per heavy atom. The number of aromatic nitrogens is 5. The second-order valence-electron chi connectivity index (χ2n) is 6.77. The molecule has 2 N–H and O–H groups in total. The molecule has 0 radical (unpaired) electrons. The van der Waals surface area contributed by atoms with Crippen molar-refractivity contribution in [2.24, 2.45) is 0 Å². The summed E-state index contributed by atoms with van der Waals surface area (Å²) in [7, 11) is 0. The average Bonchev–Trinajstić information content (AvgIpc) is 3.25. The van der Waals surface area contributed by atoms with Crippen LogP contribution in [0.15, 0.2) is 10.9 Å². The quantitative estimate of drug-likeness (QED) is 0.792. The third-order valence-corrected chi connectivity index (χ3v) is 4.81. The highest BCUT2D eigenvalue weighted by Gasteiger charge is 2.22. The number of carbonyl (C=O) groups is 1. The minimum absolute atomic E-state index is 0.0954. The number of hydrogen-bond donors (Lipinski definition) is 2. The lowest BCUT2D eigenvalue weighted by molar-refractivity contribution is -0.117. The number of rotatable bonds is 4. The third kappa shape index (κ3) is 3.67. The minimum atomic E-state index is -0.383. The van der Waals surface area contributed by atoms with Crippen LogP contribution in [0.5, 0.6) is 0 Å². The third-order valence-electron chi connectivity index (χ3n) is 4.81. The van der Waals surface area contributed by atoms with E-state index in [1.54, 1.807) is 6.07 Å². The van der Waals surface area contributed by atoms with Crippen LogP contribution in [0.1, 0.15) is 55.3 Å². The highest BCUT2D eigenvalue weighted by Crippen LogP contribution is 2.26. The molecule has 1 aliphatic heterocycles. The molecule has 0 saturated carbocycles. The van der Waals surface area contributed by atoms with Crippen LogP contribution in [-0.2, 0) is 28.9 Å². The molecule has 138 valence electrons. The summed E-state index contributed by atoms with van der Waals surface area (Å²) in [5, 5.41) is 13.8. The van der Waals surface area contributed by atoms with E-state index in [1.807, 2.05) is 0 Å². The van der Waals surface area contributed by atoms with Crippen LogP contribution in [-0.4, -0.2) is 37.5 Å². The van der Waals surface area contributed by atoms with E-state index in [-0.39, 0.29) is 30.1 Å². The standard InChI is InChI=1S/C17H22N6O3/c24-14(18-17-19-16(20-21-17)13-7-4-8-26-13)10-23-15(25)9-11-5-2-1-3-6-12(11)22-23/h9,13H,1-8,10H2,(H2,18,19,20,21,24)/t13-/m1/s1. The van der Waals surface area contributed by atoms with E-state index < -0.39 is 0 Å². The van der Waals surface area contributed by atoms with E-state index in [9.17, 15) is 9.59 Å². The van der Waals surface area contributed by atoms with Crippen LogP contribution in [0.4, 0.5) is 5.95 Å². The molecule has 0 aromatic carbocycles. The summed E-state index contributed by atoms with van der Waals surface area (Å²) in [6.07, 6.45) is 6.79. The van der Waals surface area contributed by atoms with Crippen LogP contribution < -0.4 is 10.9 Å². The molecule has 9 heteroatoms. The Kier molecular flexibility index (Phi) is 4.79. The first-order valence-electron chi connectivity index (χ1n) is 9.13. The van der Waals surface area contributed by atoms with E-state index in [0.29, 0.717) is 12.4 Å². The van der Waals surface area contributed by atoms with Crippen LogP contribution in [0.25, 0.3) is 0 Å². The Balaban J connectivity index is 1.43. The van der Waals surface area contributed by atoms with Gasteiger partial charge in [0.2, 0.25) is 11.9 Å². The predicted octanol–water partition coefficient (Wildman–Crippen LogP) is 1.12. The summed E-state index contributed by atoms with van der Waals surface area (Å²) in [6.45, 7) is 0.551. The SMILES string of the molecule is O=C(Cn1nc2c(cc1=O)CCCCC2)Nc1n[nH]c([C@H]2CCCO2)n1. The minimum Gasteiger partial charge on any atom is -0.370 e. The molecule has 1 amide bonds. The van der Waals surface area contributed by atoms with Crippen molar-refractivity contribution in [1.82, 2.24) is 25.0 Å². The number of fused-ring (bicyclic) bond motifs is 1. The number of nitrogens with one attached hydrogen (secondary N) is 2. The van der Waals surface area contributed by atoms with Crippen molar-refractivity contribution in [3.05, 3.63) is 33.5 Å². The van der Waals surface area contributed by atoms with Crippen molar-refractivity contribution in [1.29, 1.82) is 0 Å². The number of H-pyrrole nitrogens is 1. The van der Waals surface area contributed by atoms with Gasteiger partial charge >= 0.3 is 0 Å². The number of anilines is 1. The number of carbonyl (C=O) groups excluding carboxylic acids is 1. The molecule has 1 saturated heterocycles. The normalized spacial score (nSPS) is 19.8. The Labute approximate surface area is 150 Å². The zero-order valence-electron chi connectivity index (χ0n) is 14.5. The molecule has 0 unspecified atom stereocenters. The molecule has 2 aromatic rings. The number of nitrogens with zero attached hydrogens (tertiary/aromatic N) is 4. The highest BCUT2D eigenvalue weighted by molar-refractivity contribution is 5.88. The summed E-state index contributed by atoms with van der Waals surface area (Å²) in [5.41, 5.74) is 1.68. The maximum Gasteiger partial charge on any atom is 0.267 e. The molecular weight excluding hydrogens is 336 g/mol. The number of aryl methyl sites for hydroxylation is 2. The molecular formula is C17H22N6O3. The Bertz CT molecular complexity index is 852. The summed E-state index contributed by atoms with van der Waals surface area (Å²) < 4.78 is 6.75. The second kappa shape index (κ2) is 7.36. The van der Waals surface area contributed by atoms with Gasteiger partial charge in [0.1, 0.15) is 12.6 Å². The predicted molar refractivity (Wildman–Crippen MR) is 92.7 cm³/mol. The van der Waals surface area contributed by atoms with Gasteiger partial charge in [-0.05, 0) is 44.1 Å². The van der Waals surface area contributed by atoms with E-state index in [0.717, 1.165) is 56.2 Å².